The summed E-state index contributed by atoms with van der Waals surface area (Å²) in [6.07, 6.45) is 3.17. The van der Waals surface area contributed by atoms with Gasteiger partial charge in [0.2, 0.25) is 0 Å². The van der Waals surface area contributed by atoms with E-state index in [0.29, 0.717) is 16.8 Å². The quantitative estimate of drug-likeness (QED) is 0.535. The Morgan fingerprint density at radius 3 is 2.47 bits per heavy atom. The molecule has 0 aliphatic rings. The second kappa shape index (κ2) is 9.80. The molecule has 3 N–H and O–H groups in total. The van der Waals surface area contributed by atoms with Gasteiger partial charge in [0.25, 0.3) is 11.8 Å². The first kappa shape index (κ1) is 21.2. The van der Waals surface area contributed by atoms with Gasteiger partial charge in [-0.05, 0) is 70.9 Å². The smallest absolute Gasteiger partial charge is 0.255 e. The molecule has 0 unspecified atom stereocenters. The van der Waals surface area contributed by atoms with E-state index in [0.717, 1.165) is 21.3 Å². The van der Waals surface area contributed by atoms with Crippen molar-refractivity contribution in [1.82, 2.24) is 20.5 Å². The number of H-pyrrole nitrogens is 1. The number of hydrogen-bond acceptors (Lipinski definition) is 4. The average Bonchev–Trinajstić information content (AvgIpc) is 2.85. The maximum atomic E-state index is 12.7. The van der Waals surface area contributed by atoms with Crippen molar-refractivity contribution in [2.24, 2.45) is 0 Å². The van der Waals surface area contributed by atoms with Gasteiger partial charge in [0.1, 0.15) is 6.33 Å². The Morgan fingerprint density at radius 1 is 0.967 bits per heavy atom. The first-order chi connectivity index (χ1) is 14.5. The summed E-state index contributed by atoms with van der Waals surface area (Å²) in [6, 6.07) is 15.9. The number of nitrogens with zero attached hydrogens (tertiary/aromatic N) is 2. The molecule has 8 heteroatoms. The van der Waals surface area contributed by atoms with Crippen LogP contribution in [-0.4, -0.2) is 34.0 Å². The highest BCUT2D eigenvalue weighted by Crippen LogP contribution is 2.23. The fourth-order valence-corrected chi connectivity index (χ4v) is 3.01. The van der Waals surface area contributed by atoms with Crippen molar-refractivity contribution in [3.63, 3.8) is 0 Å². The van der Waals surface area contributed by atoms with Gasteiger partial charge in [-0.3, -0.25) is 14.7 Å². The lowest BCUT2D eigenvalue weighted by molar-refractivity contribution is 0.0962. The Balaban J connectivity index is 1.87. The fourth-order valence-electron chi connectivity index (χ4n) is 2.66. The minimum atomic E-state index is -0.250. The van der Waals surface area contributed by atoms with Crippen molar-refractivity contribution in [1.29, 1.82) is 0 Å². The number of hydrogen-bond donors (Lipinski definition) is 3. The third-order valence-electron chi connectivity index (χ3n) is 4.32. The zero-order chi connectivity index (χ0) is 21.5. The molecule has 0 aliphatic heterocycles. The Kier molecular flexibility index (Phi) is 6.92. The van der Waals surface area contributed by atoms with Crippen molar-refractivity contribution >= 4 is 33.4 Å². The number of aromatic nitrogens is 3. The van der Waals surface area contributed by atoms with Crippen molar-refractivity contribution in [3.05, 3.63) is 88.4 Å². The molecule has 7 nitrogen and oxygen atoms in total. The second-order valence-electron chi connectivity index (χ2n) is 6.37. The molecule has 0 saturated heterocycles. The molecular weight excluding hydrogens is 446 g/mol. The number of carbonyl (C=O) groups is 2. The number of rotatable bonds is 4. The molecule has 0 saturated carbocycles. The maximum Gasteiger partial charge on any atom is 0.255 e. The number of carbonyl (C=O) groups excluding carboxylic acids is 2. The minimum Gasteiger partial charge on any atom is -0.355 e. The van der Waals surface area contributed by atoms with Gasteiger partial charge in [0.15, 0.2) is 0 Å². The summed E-state index contributed by atoms with van der Waals surface area (Å²) >= 11 is 3.52. The normalized spacial score (nSPS) is 10.1. The SMILES string of the molecule is CNC(=O)c1ccc(NC(=O)c2cccc(-c3c[nH]ncnc(C)c(Br)c3)c2)cc1. The summed E-state index contributed by atoms with van der Waals surface area (Å²) in [5.41, 5.74) is 4.08. The van der Waals surface area contributed by atoms with Crippen LogP contribution >= 0.6 is 15.9 Å². The Hall–Kier alpha value is -3.52. The summed E-state index contributed by atoms with van der Waals surface area (Å²) in [5, 5.41) is 12.2. The van der Waals surface area contributed by atoms with Crippen LogP contribution in [0.2, 0.25) is 0 Å². The van der Waals surface area contributed by atoms with E-state index < -0.39 is 0 Å². The molecule has 3 aromatic rings. The van der Waals surface area contributed by atoms with Crippen LogP contribution < -0.4 is 10.6 Å². The highest BCUT2D eigenvalue weighted by Gasteiger charge is 2.09. The van der Waals surface area contributed by atoms with E-state index in [1.54, 1.807) is 49.6 Å². The van der Waals surface area contributed by atoms with Crippen LogP contribution in [0.5, 0.6) is 0 Å². The number of nitrogens with one attached hydrogen (secondary N) is 3. The van der Waals surface area contributed by atoms with Gasteiger partial charge in [-0.15, -0.1) is 0 Å². The van der Waals surface area contributed by atoms with Gasteiger partial charge in [0.05, 0.1) is 5.69 Å². The minimum absolute atomic E-state index is 0.179. The van der Waals surface area contributed by atoms with E-state index in [9.17, 15) is 9.59 Å². The van der Waals surface area contributed by atoms with E-state index in [1.165, 1.54) is 6.33 Å². The molecule has 0 atom stereocenters. The van der Waals surface area contributed by atoms with E-state index >= 15 is 0 Å². The van der Waals surface area contributed by atoms with E-state index in [2.05, 4.69) is 41.7 Å². The number of anilines is 1. The summed E-state index contributed by atoms with van der Waals surface area (Å²) < 4.78 is 0.815. The second-order valence-corrected chi connectivity index (χ2v) is 7.23. The fraction of sp³-hybridized carbons (Fsp3) is 0.0909. The summed E-state index contributed by atoms with van der Waals surface area (Å²) in [5.74, 6) is -0.429. The molecular formula is C22H20BrN5O2. The highest BCUT2D eigenvalue weighted by atomic mass is 79.9. The molecule has 2 amide bonds. The lowest BCUT2D eigenvalue weighted by Gasteiger charge is -2.08. The monoisotopic (exact) mass is 465 g/mol. The van der Waals surface area contributed by atoms with Gasteiger partial charge >= 0.3 is 0 Å². The summed E-state index contributed by atoms with van der Waals surface area (Å²) in [7, 11) is 1.57. The molecule has 3 rings (SSSR count). The summed E-state index contributed by atoms with van der Waals surface area (Å²) in [4.78, 5) is 28.6. The van der Waals surface area contributed by atoms with Crippen LogP contribution in [0.1, 0.15) is 26.4 Å². The molecule has 0 radical (unpaired) electrons. The van der Waals surface area contributed by atoms with Crippen LogP contribution in [0, 0.1) is 6.92 Å². The predicted molar refractivity (Wildman–Crippen MR) is 120 cm³/mol. The number of amides is 2. The van der Waals surface area contributed by atoms with Crippen LogP contribution in [0.15, 0.2) is 71.6 Å². The Labute approximate surface area is 182 Å². The summed E-state index contributed by atoms with van der Waals surface area (Å²) in [6.45, 7) is 1.87. The van der Waals surface area contributed by atoms with Crippen LogP contribution in [-0.2, 0) is 0 Å². The van der Waals surface area contributed by atoms with Crippen LogP contribution in [0.4, 0.5) is 5.69 Å². The first-order valence-corrected chi connectivity index (χ1v) is 9.90. The van der Waals surface area contributed by atoms with Crippen molar-refractivity contribution in [2.75, 3.05) is 12.4 Å². The number of halogens is 1. The topological polar surface area (TPSA) is 99.8 Å². The van der Waals surface area contributed by atoms with E-state index in [1.807, 2.05) is 25.1 Å². The molecule has 1 aromatic heterocycles. The van der Waals surface area contributed by atoms with Gasteiger partial charge in [-0.1, -0.05) is 12.1 Å². The Bertz CT molecular complexity index is 1120. The van der Waals surface area contributed by atoms with Crippen LogP contribution in [0.25, 0.3) is 11.1 Å². The van der Waals surface area contributed by atoms with Gasteiger partial charge in [0, 0.05) is 40.1 Å². The Morgan fingerprint density at radius 2 is 1.73 bits per heavy atom. The van der Waals surface area contributed by atoms with Gasteiger partial charge in [-0.25, -0.2) is 4.98 Å². The van der Waals surface area contributed by atoms with Crippen molar-refractivity contribution in [2.45, 2.75) is 6.92 Å². The van der Waals surface area contributed by atoms with Gasteiger partial charge in [-0.2, -0.15) is 5.10 Å². The standard InChI is InChI=1S/C22H20BrN5O2/c1-14-20(23)11-18(12-26-27-13-25-14)16-4-3-5-17(10-16)22(30)28-19-8-6-15(7-9-19)21(29)24-2/h3-13,26H,1-2H3,(H,24,29)(H,28,30). The van der Waals surface area contributed by atoms with E-state index in [4.69, 9.17) is 0 Å². The molecule has 1 heterocycles. The first-order valence-electron chi connectivity index (χ1n) is 9.11. The highest BCUT2D eigenvalue weighted by molar-refractivity contribution is 9.10. The van der Waals surface area contributed by atoms with Crippen molar-refractivity contribution in [3.8, 4) is 11.1 Å². The molecule has 30 heavy (non-hydrogen) atoms. The predicted octanol–water partition coefficient (Wildman–Crippen LogP) is 4.28. The van der Waals surface area contributed by atoms with E-state index in [-0.39, 0.29) is 11.8 Å². The zero-order valence-corrected chi connectivity index (χ0v) is 18.0. The lowest BCUT2D eigenvalue weighted by Crippen LogP contribution is -2.17. The maximum absolute atomic E-state index is 12.7. The van der Waals surface area contributed by atoms with Crippen LogP contribution in [0.3, 0.4) is 0 Å². The van der Waals surface area contributed by atoms with Gasteiger partial charge < -0.3 is 10.6 Å². The molecule has 2 aromatic carbocycles. The largest absolute Gasteiger partial charge is 0.355 e. The van der Waals surface area contributed by atoms with Crippen molar-refractivity contribution < 1.29 is 9.59 Å². The molecule has 0 aliphatic carbocycles. The number of aryl methyl sites for hydroxylation is 1. The third-order valence-corrected chi connectivity index (χ3v) is 5.12. The molecule has 0 spiro atoms. The third kappa shape index (κ3) is 5.30. The number of aromatic amines is 1. The molecule has 152 valence electrons. The zero-order valence-electron chi connectivity index (χ0n) is 16.4. The lowest BCUT2D eigenvalue weighted by atomic mass is 10.0. The molecule has 0 fully saturated rings. The number of benzene rings is 2. The average molecular weight is 466 g/mol. The molecule has 0 bridgehead atoms.